The third kappa shape index (κ3) is 5.14. The van der Waals surface area contributed by atoms with Gasteiger partial charge in [0.2, 0.25) is 5.91 Å². The molecule has 0 aromatic heterocycles. The fourth-order valence-electron chi connectivity index (χ4n) is 6.15. The van der Waals surface area contributed by atoms with Gasteiger partial charge in [-0.3, -0.25) is 9.69 Å². The Labute approximate surface area is 186 Å². The first-order chi connectivity index (χ1) is 15.1. The van der Waals surface area contributed by atoms with E-state index in [0.29, 0.717) is 23.9 Å². The Bertz CT molecular complexity index is 749. The van der Waals surface area contributed by atoms with Gasteiger partial charge >= 0.3 is 0 Å². The number of ether oxygens (including phenoxy) is 1. The van der Waals surface area contributed by atoms with Crippen LogP contribution >= 0.6 is 0 Å². The van der Waals surface area contributed by atoms with Crippen LogP contribution in [0.3, 0.4) is 0 Å². The molecular formula is C26H37FN2O2. The predicted octanol–water partition coefficient (Wildman–Crippen LogP) is 4.91. The lowest BCUT2D eigenvalue weighted by molar-refractivity contribution is -0.150. The van der Waals surface area contributed by atoms with Crippen molar-refractivity contribution in [2.24, 2.45) is 5.92 Å². The van der Waals surface area contributed by atoms with Crippen LogP contribution in [0.2, 0.25) is 0 Å². The summed E-state index contributed by atoms with van der Waals surface area (Å²) in [6, 6.07) is 8.18. The first kappa shape index (κ1) is 21.4. The summed E-state index contributed by atoms with van der Waals surface area (Å²) in [7, 11) is 0. The molecule has 0 N–H and O–H groups in total. The second-order valence-corrected chi connectivity index (χ2v) is 10.4. The van der Waals surface area contributed by atoms with Crippen LogP contribution in [0.25, 0.3) is 0 Å². The van der Waals surface area contributed by atoms with Gasteiger partial charge < -0.3 is 9.64 Å². The van der Waals surface area contributed by atoms with Crippen molar-refractivity contribution in [3.63, 3.8) is 0 Å². The first-order valence-corrected chi connectivity index (χ1v) is 12.5. The Morgan fingerprint density at radius 3 is 2.42 bits per heavy atom. The molecule has 5 rings (SSSR count). The monoisotopic (exact) mass is 428 g/mol. The van der Waals surface area contributed by atoms with Crippen molar-refractivity contribution in [3.05, 3.63) is 35.6 Å². The smallest absolute Gasteiger partial charge is 0.222 e. The molecule has 1 amide bonds. The van der Waals surface area contributed by atoms with Gasteiger partial charge in [-0.2, -0.15) is 0 Å². The topological polar surface area (TPSA) is 32.8 Å². The normalized spacial score (nSPS) is 26.6. The van der Waals surface area contributed by atoms with E-state index in [1.807, 2.05) is 12.1 Å². The number of benzene rings is 1. The largest absolute Gasteiger partial charge is 0.375 e. The van der Waals surface area contributed by atoms with E-state index in [2.05, 4.69) is 9.80 Å². The second-order valence-electron chi connectivity index (χ2n) is 10.4. The van der Waals surface area contributed by atoms with E-state index in [1.54, 1.807) is 12.1 Å². The Hall–Kier alpha value is -1.46. The maximum absolute atomic E-state index is 13.3. The number of halogens is 1. The summed E-state index contributed by atoms with van der Waals surface area (Å²) in [4.78, 5) is 17.5. The van der Waals surface area contributed by atoms with Crippen LogP contribution in [-0.2, 0) is 16.1 Å². The van der Waals surface area contributed by atoms with Crippen molar-refractivity contribution < 1.29 is 13.9 Å². The quantitative estimate of drug-likeness (QED) is 0.645. The predicted molar refractivity (Wildman–Crippen MR) is 119 cm³/mol. The molecule has 1 aromatic carbocycles. The third-order valence-corrected chi connectivity index (χ3v) is 8.20. The van der Waals surface area contributed by atoms with Crippen molar-refractivity contribution in [1.29, 1.82) is 0 Å². The van der Waals surface area contributed by atoms with Gasteiger partial charge in [-0.1, -0.05) is 25.0 Å². The number of rotatable bonds is 6. The van der Waals surface area contributed by atoms with E-state index in [9.17, 15) is 9.18 Å². The number of piperidine rings is 1. The maximum atomic E-state index is 13.3. The van der Waals surface area contributed by atoms with Gasteiger partial charge in [0.1, 0.15) is 5.82 Å². The van der Waals surface area contributed by atoms with Crippen LogP contribution in [0.1, 0.15) is 76.2 Å². The number of likely N-dealkylation sites (tertiary alicyclic amines) is 1. The first-order valence-electron chi connectivity index (χ1n) is 12.5. The molecule has 170 valence electrons. The van der Waals surface area contributed by atoms with Crippen LogP contribution in [-0.4, -0.2) is 53.1 Å². The summed E-state index contributed by atoms with van der Waals surface area (Å²) in [5, 5.41) is 0. The minimum absolute atomic E-state index is 0.0665. The van der Waals surface area contributed by atoms with Gasteiger partial charge in [0.25, 0.3) is 0 Å². The van der Waals surface area contributed by atoms with Crippen molar-refractivity contribution in [3.8, 4) is 0 Å². The van der Waals surface area contributed by atoms with E-state index in [1.165, 1.54) is 44.1 Å². The fraction of sp³-hybridized carbons (Fsp3) is 0.731. The summed E-state index contributed by atoms with van der Waals surface area (Å²) in [6.45, 7) is 3.41. The van der Waals surface area contributed by atoms with Crippen LogP contribution in [0.5, 0.6) is 0 Å². The van der Waals surface area contributed by atoms with E-state index in [4.69, 9.17) is 4.74 Å². The molecule has 1 aromatic rings. The number of nitrogens with zero attached hydrogens (tertiary/aromatic N) is 2. The number of amides is 1. The van der Waals surface area contributed by atoms with Gasteiger partial charge in [-0.05, 0) is 75.0 Å². The van der Waals surface area contributed by atoms with E-state index < -0.39 is 0 Å². The molecule has 2 aliphatic carbocycles. The number of hydrogen-bond donors (Lipinski definition) is 0. The molecule has 4 aliphatic rings. The lowest BCUT2D eigenvalue weighted by Crippen LogP contribution is -2.54. The molecule has 0 radical (unpaired) electrons. The van der Waals surface area contributed by atoms with Crippen molar-refractivity contribution in [2.75, 3.05) is 19.7 Å². The molecule has 1 spiro atoms. The van der Waals surface area contributed by atoms with Gasteiger partial charge in [0.05, 0.1) is 5.60 Å². The van der Waals surface area contributed by atoms with Crippen molar-refractivity contribution in [1.82, 2.24) is 9.80 Å². The zero-order valence-electron chi connectivity index (χ0n) is 18.7. The minimum Gasteiger partial charge on any atom is -0.375 e. The highest BCUT2D eigenvalue weighted by Gasteiger charge is 2.45. The van der Waals surface area contributed by atoms with Crippen molar-refractivity contribution in [2.45, 2.75) is 94.9 Å². The molecule has 4 fully saturated rings. The molecule has 4 nitrogen and oxygen atoms in total. The molecule has 2 saturated heterocycles. The number of carbonyl (C=O) groups excluding carboxylic acids is 1. The average Bonchev–Trinajstić information content (AvgIpc) is 3.49. The second kappa shape index (κ2) is 9.19. The minimum atomic E-state index is -0.166. The summed E-state index contributed by atoms with van der Waals surface area (Å²) in [5.74, 6) is 0.822. The standard InChI is InChI=1S/C26H37FN2O2/c27-22-7-5-21(6-8-22)19-29(23-9-10-23)24-11-16-31-26(18-24)12-14-28(15-13-26)25(30)17-20-3-1-2-4-20/h5-8,20,23-24H,1-4,9-19H2. The molecule has 0 bridgehead atoms. The lowest BCUT2D eigenvalue weighted by atomic mass is 9.81. The fourth-order valence-corrected chi connectivity index (χ4v) is 6.15. The summed E-state index contributed by atoms with van der Waals surface area (Å²) < 4.78 is 19.7. The Morgan fingerprint density at radius 1 is 1.03 bits per heavy atom. The Kier molecular flexibility index (Phi) is 6.34. The van der Waals surface area contributed by atoms with Crippen LogP contribution in [0.15, 0.2) is 24.3 Å². The zero-order chi connectivity index (χ0) is 21.3. The highest BCUT2D eigenvalue weighted by molar-refractivity contribution is 5.76. The molecule has 2 aliphatic heterocycles. The van der Waals surface area contributed by atoms with E-state index >= 15 is 0 Å². The average molecular weight is 429 g/mol. The van der Waals surface area contributed by atoms with Crippen LogP contribution in [0, 0.1) is 11.7 Å². The highest BCUT2D eigenvalue weighted by atomic mass is 19.1. The number of hydrogen-bond acceptors (Lipinski definition) is 3. The van der Waals surface area contributed by atoms with Gasteiger partial charge in [-0.15, -0.1) is 0 Å². The molecule has 5 heteroatoms. The van der Waals surface area contributed by atoms with Gasteiger partial charge in [-0.25, -0.2) is 4.39 Å². The molecular weight excluding hydrogens is 391 g/mol. The molecule has 1 unspecified atom stereocenters. The van der Waals surface area contributed by atoms with E-state index in [-0.39, 0.29) is 11.4 Å². The number of carbonyl (C=O) groups is 1. The SMILES string of the molecule is O=C(CC1CCCC1)N1CCC2(CC1)CC(N(Cc1ccc(F)cc1)C1CC1)CCO2. The zero-order valence-corrected chi connectivity index (χ0v) is 18.7. The van der Waals surface area contributed by atoms with Crippen LogP contribution in [0.4, 0.5) is 4.39 Å². The molecule has 2 saturated carbocycles. The van der Waals surface area contributed by atoms with Crippen LogP contribution < -0.4 is 0 Å². The highest BCUT2D eigenvalue weighted by Crippen LogP contribution is 2.41. The molecule has 31 heavy (non-hydrogen) atoms. The summed E-state index contributed by atoms with van der Waals surface area (Å²) in [6.07, 6.45) is 12.4. The maximum Gasteiger partial charge on any atom is 0.222 e. The lowest BCUT2D eigenvalue weighted by Gasteiger charge is -2.48. The molecule has 1 atom stereocenters. The van der Waals surface area contributed by atoms with Crippen molar-refractivity contribution >= 4 is 5.91 Å². The summed E-state index contributed by atoms with van der Waals surface area (Å²) >= 11 is 0. The van der Waals surface area contributed by atoms with Gasteiger partial charge in [0.15, 0.2) is 0 Å². The van der Waals surface area contributed by atoms with E-state index in [0.717, 1.165) is 58.3 Å². The molecule has 2 heterocycles. The Morgan fingerprint density at radius 2 is 1.74 bits per heavy atom. The summed E-state index contributed by atoms with van der Waals surface area (Å²) in [5.41, 5.74) is 1.13. The Balaban J connectivity index is 1.18. The third-order valence-electron chi connectivity index (χ3n) is 8.20. The van der Waals surface area contributed by atoms with Gasteiger partial charge in [0, 0.05) is 44.7 Å².